The first-order valence-corrected chi connectivity index (χ1v) is 7.46. The zero-order chi connectivity index (χ0) is 14.1. The van der Waals surface area contributed by atoms with E-state index in [-0.39, 0.29) is 0 Å². The van der Waals surface area contributed by atoms with E-state index in [0.29, 0.717) is 12.1 Å². The second kappa shape index (κ2) is 9.05. The Kier molecular flexibility index (Phi) is 7.68. The molecule has 1 heterocycles. The van der Waals surface area contributed by atoms with E-state index < -0.39 is 0 Å². The van der Waals surface area contributed by atoms with Crippen LogP contribution in [0.1, 0.15) is 39.2 Å². The lowest BCUT2D eigenvalue weighted by atomic mass is 10.1. The van der Waals surface area contributed by atoms with Crippen molar-refractivity contribution < 1.29 is 0 Å². The van der Waals surface area contributed by atoms with Crippen LogP contribution in [0.2, 0.25) is 0 Å². The average Bonchev–Trinajstić information content (AvgIpc) is 2.43. The Morgan fingerprint density at radius 2 is 1.95 bits per heavy atom. The third-order valence-electron chi connectivity index (χ3n) is 3.74. The summed E-state index contributed by atoms with van der Waals surface area (Å²) in [6.07, 6.45) is 7.33. The lowest BCUT2D eigenvalue weighted by Crippen LogP contribution is -2.41. The van der Waals surface area contributed by atoms with Gasteiger partial charge in [0.25, 0.3) is 0 Å². The molecule has 0 aliphatic rings. The number of hydrogen-bond donors (Lipinski definition) is 1. The van der Waals surface area contributed by atoms with Crippen LogP contribution < -0.4 is 5.32 Å². The molecule has 1 aromatic heterocycles. The van der Waals surface area contributed by atoms with Crippen LogP contribution in [0, 0.1) is 0 Å². The average molecular weight is 263 g/mol. The van der Waals surface area contributed by atoms with E-state index in [1.54, 1.807) is 0 Å². The van der Waals surface area contributed by atoms with Gasteiger partial charge in [-0.25, -0.2) is 0 Å². The summed E-state index contributed by atoms with van der Waals surface area (Å²) in [5.41, 5.74) is 1.36. The molecule has 0 aliphatic heterocycles. The molecule has 2 atom stereocenters. The van der Waals surface area contributed by atoms with Gasteiger partial charge in [-0.1, -0.05) is 13.3 Å². The molecule has 0 aliphatic carbocycles. The Labute approximate surface area is 118 Å². The second-order valence-corrected chi connectivity index (χ2v) is 5.53. The fourth-order valence-corrected chi connectivity index (χ4v) is 2.14. The molecule has 3 heteroatoms. The van der Waals surface area contributed by atoms with Gasteiger partial charge in [-0.05, 0) is 51.4 Å². The van der Waals surface area contributed by atoms with E-state index in [2.05, 4.69) is 55.2 Å². The predicted octanol–water partition coefficient (Wildman–Crippen LogP) is 2.72. The SMILES string of the molecule is CCCC(C)NCC(C)N(C)CCc1ccncc1. The highest BCUT2D eigenvalue weighted by Gasteiger charge is 2.10. The minimum Gasteiger partial charge on any atom is -0.313 e. The van der Waals surface area contributed by atoms with Crippen molar-refractivity contribution in [2.45, 2.75) is 52.1 Å². The van der Waals surface area contributed by atoms with Crippen molar-refractivity contribution >= 4 is 0 Å². The smallest absolute Gasteiger partial charge is 0.0270 e. The van der Waals surface area contributed by atoms with Gasteiger partial charge in [-0.2, -0.15) is 0 Å². The van der Waals surface area contributed by atoms with Gasteiger partial charge in [0.1, 0.15) is 0 Å². The van der Waals surface area contributed by atoms with E-state index in [0.717, 1.165) is 19.5 Å². The highest BCUT2D eigenvalue weighted by Crippen LogP contribution is 2.02. The first-order chi connectivity index (χ1) is 9.13. The maximum atomic E-state index is 4.05. The lowest BCUT2D eigenvalue weighted by molar-refractivity contribution is 0.247. The minimum atomic E-state index is 0.571. The fourth-order valence-electron chi connectivity index (χ4n) is 2.14. The summed E-state index contributed by atoms with van der Waals surface area (Å²) in [6, 6.07) is 5.39. The van der Waals surface area contributed by atoms with Crippen LogP contribution in [-0.4, -0.2) is 42.1 Å². The number of nitrogens with one attached hydrogen (secondary N) is 1. The third-order valence-corrected chi connectivity index (χ3v) is 3.74. The Balaban J connectivity index is 2.23. The fraction of sp³-hybridized carbons (Fsp3) is 0.688. The van der Waals surface area contributed by atoms with Crippen LogP contribution in [-0.2, 0) is 6.42 Å². The summed E-state index contributed by atoms with van der Waals surface area (Å²) in [6.45, 7) is 8.96. The highest BCUT2D eigenvalue weighted by molar-refractivity contribution is 5.09. The second-order valence-electron chi connectivity index (χ2n) is 5.53. The van der Waals surface area contributed by atoms with Crippen molar-refractivity contribution in [2.24, 2.45) is 0 Å². The Morgan fingerprint density at radius 3 is 2.58 bits per heavy atom. The molecular weight excluding hydrogens is 234 g/mol. The van der Waals surface area contributed by atoms with Crippen molar-refractivity contribution in [2.75, 3.05) is 20.1 Å². The number of hydrogen-bond acceptors (Lipinski definition) is 3. The van der Waals surface area contributed by atoms with E-state index in [1.165, 1.54) is 18.4 Å². The normalized spacial score (nSPS) is 14.6. The van der Waals surface area contributed by atoms with Crippen LogP contribution in [0.25, 0.3) is 0 Å². The largest absolute Gasteiger partial charge is 0.313 e. The van der Waals surface area contributed by atoms with Gasteiger partial charge in [-0.3, -0.25) is 4.98 Å². The summed E-state index contributed by atoms with van der Waals surface area (Å²) >= 11 is 0. The van der Waals surface area contributed by atoms with Crippen LogP contribution in [0.5, 0.6) is 0 Å². The van der Waals surface area contributed by atoms with E-state index in [9.17, 15) is 0 Å². The number of nitrogens with zero attached hydrogens (tertiary/aromatic N) is 2. The maximum Gasteiger partial charge on any atom is 0.0270 e. The first-order valence-electron chi connectivity index (χ1n) is 7.46. The molecule has 0 radical (unpaired) electrons. The molecule has 0 fully saturated rings. The van der Waals surface area contributed by atoms with Crippen molar-refractivity contribution in [3.05, 3.63) is 30.1 Å². The molecule has 1 aromatic rings. The topological polar surface area (TPSA) is 28.2 Å². The quantitative estimate of drug-likeness (QED) is 0.742. The summed E-state index contributed by atoms with van der Waals surface area (Å²) in [5, 5.41) is 3.61. The van der Waals surface area contributed by atoms with Crippen LogP contribution >= 0.6 is 0 Å². The Morgan fingerprint density at radius 1 is 1.26 bits per heavy atom. The van der Waals surface area contributed by atoms with Crippen LogP contribution in [0.3, 0.4) is 0 Å². The van der Waals surface area contributed by atoms with Crippen molar-refractivity contribution in [3.8, 4) is 0 Å². The van der Waals surface area contributed by atoms with E-state index in [4.69, 9.17) is 0 Å². The molecule has 1 N–H and O–H groups in total. The molecule has 0 saturated heterocycles. The van der Waals surface area contributed by atoms with Gasteiger partial charge >= 0.3 is 0 Å². The Hall–Kier alpha value is -0.930. The predicted molar refractivity (Wildman–Crippen MR) is 82.4 cm³/mol. The summed E-state index contributed by atoms with van der Waals surface area (Å²) < 4.78 is 0. The maximum absolute atomic E-state index is 4.05. The van der Waals surface area contributed by atoms with Gasteiger partial charge in [0.05, 0.1) is 0 Å². The lowest BCUT2D eigenvalue weighted by Gasteiger charge is -2.26. The minimum absolute atomic E-state index is 0.571. The molecule has 0 bridgehead atoms. The third kappa shape index (κ3) is 6.69. The summed E-state index contributed by atoms with van der Waals surface area (Å²) in [4.78, 5) is 6.47. The van der Waals surface area contributed by atoms with Gasteiger partial charge in [0, 0.05) is 37.6 Å². The monoisotopic (exact) mass is 263 g/mol. The number of aromatic nitrogens is 1. The summed E-state index contributed by atoms with van der Waals surface area (Å²) in [5.74, 6) is 0. The molecule has 19 heavy (non-hydrogen) atoms. The standard InChI is InChI=1S/C16H29N3/c1-5-6-14(2)18-13-15(3)19(4)12-9-16-7-10-17-11-8-16/h7-8,10-11,14-15,18H,5-6,9,12-13H2,1-4H3. The molecule has 108 valence electrons. The zero-order valence-electron chi connectivity index (χ0n) is 12.9. The molecule has 2 unspecified atom stereocenters. The Bertz CT molecular complexity index is 326. The van der Waals surface area contributed by atoms with Crippen molar-refractivity contribution in [1.82, 2.24) is 15.2 Å². The van der Waals surface area contributed by atoms with Gasteiger partial charge < -0.3 is 10.2 Å². The van der Waals surface area contributed by atoms with Crippen molar-refractivity contribution in [1.29, 1.82) is 0 Å². The van der Waals surface area contributed by atoms with Gasteiger partial charge in [0.2, 0.25) is 0 Å². The molecule has 0 spiro atoms. The van der Waals surface area contributed by atoms with E-state index >= 15 is 0 Å². The molecule has 3 nitrogen and oxygen atoms in total. The van der Waals surface area contributed by atoms with Crippen LogP contribution in [0.4, 0.5) is 0 Å². The summed E-state index contributed by atoms with van der Waals surface area (Å²) in [7, 11) is 2.21. The van der Waals surface area contributed by atoms with E-state index in [1.807, 2.05) is 12.4 Å². The molecule has 0 saturated carbocycles. The van der Waals surface area contributed by atoms with Gasteiger partial charge in [-0.15, -0.1) is 0 Å². The first kappa shape index (κ1) is 16.1. The van der Waals surface area contributed by atoms with Gasteiger partial charge in [0.15, 0.2) is 0 Å². The van der Waals surface area contributed by atoms with Crippen molar-refractivity contribution in [3.63, 3.8) is 0 Å². The molecule has 0 aromatic carbocycles. The molecule has 1 rings (SSSR count). The van der Waals surface area contributed by atoms with Crippen LogP contribution in [0.15, 0.2) is 24.5 Å². The highest BCUT2D eigenvalue weighted by atomic mass is 15.1. The number of rotatable bonds is 9. The molecule has 0 amide bonds. The zero-order valence-corrected chi connectivity index (χ0v) is 12.9. The molecular formula is C16H29N3. The number of pyridine rings is 1. The number of likely N-dealkylation sites (N-methyl/N-ethyl adjacent to an activating group) is 1.